The standard InChI is InChI=1S/C17H19NO3/c1-19-16-8-4-6-13(10-18)17(16)20-11-14-9-12-5-2-3-7-15(12)21-14/h2-8,14H,9-11,18H2,1H3. The SMILES string of the molecule is COc1cccc(CN)c1OCC1Cc2ccccc2O1. The van der Waals surface area contributed by atoms with Gasteiger partial charge in [0.15, 0.2) is 11.5 Å². The van der Waals surface area contributed by atoms with Crippen molar-refractivity contribution in [3.8, 4) is 17.2 Å². The van der Waals surface area contributed by atoms with Crippen molar-refractivity contribution < 1.29 is 14.2 Å². The quantitative estimate of drug-likeness (QED) is 0.917. The molecule has 0 saturated carbocycles. The highest BCUT2D eigenvalue weighted by Crippen LogP contribution is 2.33. The molecule has 21 heavy (non-hydrogen) atoms. The van der Waals surface area contributed by atoms with Gasteiger partial charge in [-0.1, -0.05) is 30.3 Å². The molecule has 1 heterocycles. The van der Waals surface area contributed by atoms with Gasteiger partial charge in [0.05, 0.1) is 7.11 Å². The molecular formula is C17H19NO3. The molecular weight excluding hydrogens is 266 g/mol. The van der Waals surface area contributed by atoms with Crippen LogP contribution in [0.25, 0.3) is 0 Å². The van der Waals surface area contributed by atoms with E-state index in [1.54, 1.807) is 7.11 Å². The van der Waals surface area contributed by atoms with Crippen molar-refractivity contribution in [2.24, 2.45) is 5.73 Å². The minimum atomic E-state index is 0.0259. The van der Waals surface area contributed by atoms with Crippen molar-refractivity contribution in [2.45, 2.75) is 19.1 Å². The molecule has 110 valence electrons. The predicted molar refractivity (Wildman–Crippen MR) is 80.9 cm³/mol. The van der Waals surface area contributed by atoms with Crippen LogP contribution in [0.1, 0.15) is 11.1 Å². The summed E-state index contributed by atoms with van der Waals surface area (Å²) in [5, 5.41) is 0. The van der Waals surface area contributed by atoms with Crippen molar-refractivity contribution in [3.63, 3.8) is 0 Å². The fraction of sp³-hybridized carbons (Fsp3) is 0.294. The number of benzene rings is 2. The van der Waals surface area contributed by atoms with Crippen LogP contribution in [0.4, 0.5) is 0 Å². The van der Waals surface area contributed by atoms with E-state index in [2.05, 4.69) is 6.07 Å². The second-order valence-corrected chi connectivity index (χ2v) is 5.02. The third kappa shape index (κ3) is 2.81. The summed E-state index contributed by atoms with van der Waals surface area (Å²) >= 11 is 0. The number of para-hydroxylation sites is 2. The minimum absolute atomic E-state index is 0.0259. The zero-order valence-corrected chi connectivity index (χ0v) is 12.0. The lowest BCUT2D eigenvalue weighted by Crippen LogP contribution is -2.23. The molecule has 0 fully saturated rings. The number of fused-ring (bicyclic) bond motifs is 1. The van der Waals surface area contributed by atoms with Crippen LogP contribution >= 0.6 is 0 Å². The van der Waals surface area contributed by atoms with Crippen LogP contribution in [0.15, 0.2) is 42.5 Å². The molecule has 0 spiro atoms. The number of rotatable bonds is 5. The molecule has 3 rings (SSSR count). The number of methoxy groups -OCH3 is 1. The van der Waals surface area contributed by atoms with Gasteiger partial charge in [-0.15, -0.1) is 0 Å². The van der Waals surface area contributed by atoms with Crippen molar-refractivity contribution in [3.05, 3.63) is 53.6 Å². The molecule has 1 aliphatic rings. The van der Waals surface area contributed by atoms with Gasteiger partial charge in [0.2, 0.25) is 0 Å². The molecule has 2 N–H and O–H groups in total. The molecule has 0 saturated heterocycles. The first-order valence-corrected chi connectivity index (χ1v) is 7.05. The Morgan fingerprint density at radius 2 is 2.05 bits per heavy atom. The minimum Gasteiger partial charge on any atom is -0.493 e. The molecule has 0 aliphatic carbocycles. The van der Waals surface area contributed by atoms with Gasteiger partial charge >= 0.3 is 0 Å². The van der Waals surface area contributed by atoms with Gasteiger partial charge < -0.3 is 19.9 Å². The van der Waals surface area contributed by atoms with Crippen LogP contribution in [-0.4, -0.2) is 19.8 Å². The van der Waals surface area contributed by atoms with Gasteiger partial charge in [0, 0.05) is 18.5 Å². The number of hydrogen-bond donors (Lipinski definition) is 1. The van der Waals surface area contributed by atoms with E-state index < -0.39 is 0 Å². The molecule has 0 radical (unpaired) electrons. The molecule has 4 nitrogen and oxygen atoms in total. The Morgan fingerprint density at radius 1 is 1.19 bits per heavy atom. The fourth-order valence-electron chi connectivity index (χ4n) is 2.57. The predicted octanol–water partition coefficient (Wildman–Crippen LogP) is 2.54. The maximum absolute atomic E-state index is 5.94. The number of ether oxygens (including phenoxy) is 3. The van der Waals surface area contributed by atoms with E-state index in [1.807, 2.05) is 36.4 Å². The van der Waals surface area contributed by atoms with Crippen molar-refractivity contribution >= 4 is 0 Å². The Labute approximate surface area is 124 Å². The van der Waals surface area contributed by atoms with Gasteiger partial charge in [0.1, 0.15) is 18.5 Å². The summed E-state index contributed by atoms with van der Waals surface area (Å²) in [4.78, 5) is 0. The Kier molecular flexibility index (Phi) is 3.97. The Hall–Kier alpha value is -2.20. The zero-order chi connectivity index (χ0) is 14.7. The summed E-state index contributed by atoms with van der Waals surface area (Å²) in [6.45, 7) is 0.889. The summed E-state index contributed by atoms with van der Waals surface area (Å²) in [5.74, 6) is 2.36. The molecule has 2 aromatic carbocycles. The van der Waals surface area contributed by atoms with E-state index in [-0.39, 0.29) is 6.10 Å². The Morgan fingerprint density at radius 3 is 2.81 bits per heavy atom. The maximum Gasteiger partial charge on any atom is 0.165 e. The zero-order valence-electron chi connectivity index (χ0n) is 12.0. The van der Waals surface area contributed by atoms with E-state index in [1.165, 1.54) is 5.56 Å². The van der Waals surface area contributed by atoms with Crippen molar-refractivity contribution in [1.29, 1.82) is 0 Å². The maximum atomic E-state index is 5.94. The second kappa shape index (κ2) is 6.06. The van der Waals surface area contributed by atoms with Crippen LogP contribution in [-0.2, 0) is 13.0 Å². The van der Waals surface area contributed by atoms with Crippen LogP contribution < -0.4 is 19.9 Å². The monoisotopic (exact) mass is 285 g/mol. The molecule has 4 heteroatoms. The first-order valence-electron chi connectivity index (χ1n) is 7.05. The van der Waals surface area contributed by atoms with E-state index in [4.69, 9.17) is 19.9 Å². The van der Waals surface area contributed by atoms with Gasteiger partial charge in [0.25, 0.3) is 0 Å². The van der Waals surface area contributed by atoms with Crippen LogP contribution in [0, 0.1) is 0 Å². The number of nitrogens with two attached hydrogens (primary N) is 1. The fourth-order valence-corrected chi connectivity index (χ4v) is 2.57. The van der Waals surface area contributed by atoms with Crippen LogP contribution in [0.2, 0.25) is 0 Å². The highest BCUT2D eigenvalue weighted by Gasteiger charge is 2.23. The summed E-state index contributed by atoms with van der Waals surface area (Å²) in [6, 6.07) is 13.8. The average Bonchev–Trinajstić information content (AvgIpc) is 2.95. The Bertz CT molecular complexity index is 580. The summed E-state index contributed by atoms with van der Waals surface area (Å²) in [5.41, 5.74) is 7.92. The summed E-state index contributed by atoms with van der Waals surface area (Å²) < 4.78 is 17.2. The largest absolute Gasteiger partial charge is 0.493 e. The van der Waals surface area contributed by atoms with Crippen LogP contribution in [0.5, 0.6) is 17.2 Å². The van der Waals surface area contributed by atoms with Gasteiger partial charge in [-0.3, -0.25) is 0 Å². The lowest BCUT2D eigenvalue weighted by Gasteiger charge is -2.17. The van der Waals surface area contributed by atoms with E-state index in [9.17, 15) is 0 Å². The smallest absolute Gasteiger partial charge is 0.165 e. The average molecular weight is 285 g/mol. The molecule has 1 aliphatic heterocycles. The van der Waals surface area contributed by atoms with Crippen LogP contribution in [0.3, 0.4) is 0 Å². The molecule has 2 aromatic rings. The van der Waals surface area contributed by atoms with E-state index in [0.717, 1.165) is 17.7 Å². The topological polar surface area (TPSA) is 53.7 Å². The highest BCUT2D eigenvalue weighted by molar-refractivity contribution is 5.46. The third-order valence-electron chi connectivity index (χ3n) is 3.63. The van der Waals surface area contributed by atoms with Gasteiger partial charge in [-0.2, -0.15) is 0 Å². The Balaban J connectivity index is 1.69. The summed E-state index contributed by atoms with van der Waals surface area (Å²) in [6.07, 6.45) is 0.890. The lowest BCUT2D eigenvalue weighted by atomic mass is 10.1. The molecule has 0 aromatic heterocycles. The first kappa shape index (κ1) is 13.8. The number of hydrogen-bond acceptors (Lipinski definition) is 4. The molecule has 0 amide bonds. The van der Waals surface area contributed by atoms with Gasteiger partial charge in [-0.25, -0.2) is 0 Å². The molecule has 1 atom stereocenters. The van der Waals surface area contributed by atoms with Crippen molar-refractivity contribution in [1.82, 2.24) is 0 Å². The van der Waals surface area contributed by atoms with Gasteiger partial charge in [-0.05, 0) is 17.7 Å². The van der Waals surface area contributed by atoms with E-state index >= 15 is 0 Å². The molecule has 1 unspecified atom stereocenters. The molecule has 0 bridgehead atoms. The highest BCUT2D eigenvalue weighted by atomic mass is 16.5. The lowest BCUT2D eigenvalue weighted by molar-refractivity contribution is 0.145. The van der Waals surface area contributed by atoms with E-state index in [0.29, 0.717) is 24.7 Å². The van der Waals surface area contributed by atoms with Crippen molar-refractivity contribution in [2.75, 3.05) is 13.7 Å². The first-order chi connectivity index (χ1) is 10.3. The normalized spacial score (nSPS) is 16.2. The second-order valence-electron chi connectivity index (χ2n) is 5.02. The third-order valence-corrected chi connectivity index (χ3v) is 3.63. The summed E-state index contributed by atoms with van der Waals surface area (Å²) in [7, 11) is 1.63.